The molecule has 1 heterocycles. The number of ether oxygens (including phenoxy) is 1. The number of nitrogens with zero attached hydrogens (tertiary/aromatic N) is 2. The lowest BCUT2D eigenvalue weighted by atomic mass is 10.0. The maximum absolute atomic E-state index is 12.4. The average Bonchev–Trinajstić information content (AvgIpc) is 2.35. The topological polar surface area (TPSA) is 53.3 Å². The van der Waals surface area contributed by atoms with Crippen molar-refractivity contribution in [2.45, 2.75) is 32.5 Å². The number of morpholine rings is 1. The van der Waals surface area contributed by atoms with Crippen LogP contribution in [-0.2, 0) is 4.74 Å². The van der Waals surface area contributed by atoms with Crippen LogP contribution in [0.3, 0.4) is 0 Å². The molecule has 0 aliphatic carbocycles. The van der Waals surface area contributed by atoms with Crippen molar-refractivity contribution in [2.75, 3.05) is 13.1 Å². The van der Waals surface area contributed by atoms with Crippen molar-refractivity contribution in [3.8, 4) is 6.07 Å². The van der Waals surface area contributed by atoms with Crippen LogP contribution in [0, 0.1) is 11.3 Å². The van der Waals surface area contributed by atoms with Gasteiger partial charge in [0.2, 0.25) is 0 Å². The van der Waals surface area contributed by atoms with Gasteiger partial charge in [0.1, 0.15) is 0 Å². The average molecular weight is 258 g/mol. The van der Waals surface area contributed by atoms with Crippen molar-refractivity contribution in [1.82, 2.24) is 4.90 Å². The maximum Gasteiger partial charge on any atom is 0.254 e. The SMILES string of the molecule is CC1CN(C(=O)c2ccc(C#N)cc2)CC(C)(C)O1. The Bertz CT molecular complexity index is 514. The van der Waals surface area contributed by atoms with Crippen molar-refractivity contribution >= 4 is 5.91 Å². The first-order valence-electron chi connectivity index (χ1n) is 6.38. The lowest BCUT2D eigenvalue weighted by Crippen LogP contribution is -2.53. The lowest BCUT2D eigenvalue weighted by Gasteiger charge is -2.41. The Balaban J connectivity index is 2.16. The second kappa shape index (κ2) is 5.02. The molecule has 1 aromatic rings. The summed E-state index contributed by atoms with van der Waals surface area (Å²) in [7, 11) is 0. The third kappa shape index (κ3) is 3.12. The summed E-state index contributed by atoms with van der Waals surface area (Å²) < 4.78 is 5.79. The number of hydrogen-bond donors (Lipinski definition) is 0. The first-order chi connectivity index (χ1) is 8.91. The van der Waals surface area contributed by atoms with Gasteiger partial charge < -0.3 is 9.64 Å². The highest BCUT2D eigenvalue weighted by Gasteiger charge is 2.33. The van der Waals surface area contributed by atoms with Crippen LogP contribution in [0.2, 0.25) is 0 Å². The largest absolute Gasteiger partial charge is 0.369 e. The van der Waals surface area contributed by atoms with Gasteiger partial charge in [0.25, 0.3) is 5.91 Å². The van der Waals surface area contributed by atoms with E-state index in [2.05, 4.69) is 0 Å². The quantitative estimate of drug-likeness (QED) is 0.776. The normalized spacial score (nSPS) is 21.8. The van der Waals surface area contributed by atoms with E-state index in [4.69, 9.17) is 10.00 Å². The van der Waals surface area contributed by atoms with Crippen LogP contribution in [0.4, 0.5) is 0 Å². The third-order valence-electron chi connectivity index (χ3n) is 3.12. The Hall–Kier alpha value is -1.86. The van der Waals surface area contributed by atoms with Crippen LogP contribution >= 0.6 is 0 Å². The molecule has 0 radical (unpaired) electrons. The Morgan fingerprint density at radius 2 is 2.05 bits per heavy atom. The van der Waals surface area contributed by atoms with Gasteiger partial charge in [-0.05, 0) is 45.0 Å². The molecule has 1 aliphatic rings. The number of rotatable bonds is 1. The number of carbonyl (C=O) groups excluding carboxylic acids is 1. The molecule has 4 heteroatoms. The van der Waals surface area contributed by atoms with Crippen LogP contribution in [0.25, 0.3) is 0 Å². The van der Waals surface area contributed by atoms with Gasteiger partial charge in [-0.2, -0.15) is 5.26 Å². The van der Waals surface area contributed by atoms with E-state index < -0.39 is 0 Å². The van der Waals surface area contributed by atoms with Crippen LogP contribution < -0.4 is 0 Å². The van der Waals surface area contributed by atoms with Crippen LogP contribution in [0.1, 0.15) is 36.7 Å². The number of hydrogen-bond acceptors (Lipinski definition) is 3. The molecule has 1 atom stereocenters. The monoisotopic (exact) mass is 258 g/mol. The first kappa shape index (κ1) is 13.6. The molecular weight excluding hydrogens is 240 g/mol. The van der Waals surface area contributed by atoms with Crippen LogP contribution in [0.15, 0.2) is 24.3 Å². The van der Waals surface area contributed by atoms with E-state index in [0.29, 0.717) is 24.2 Å². The van der Waals surface area contributed by atoms with Gasteiger partial charge >= 0.3 is 0 Å². The van der Waals surface area contributed by atoms with Gasteiger partial charge in [-0.25, -0.2) is 0 Å². The Labute approximate surface area is 113 Å². The summed E-state index contributed by atoms with van der Waals surface area (Å²) in [5.74, 6) is -0.00675. The minimum Gasteiger partial charge on any atom is -0.369 e. The van der Waals surface area contributed by atoms with Gasteiger partial charge in [-0.15, -0.1) is 0 Å². The van der Waals surface area contributed by atoms with Gasteiger partial charge in [-0.1, -0.05) is 0 Å². The number of carbonyl (C=O) groups is 1. The molecule has 0 N–H and O–H groups in total. The summed E-state index contributed by atoms with van der Waals surface area (Å²) in [5.41, 5.74) is 0.857. The third-order valence-corrected chi connectivity index (χ3v) is 3.12. The summed E-state index contributed by atoms with van der Waals surface area (Å²) in [6, 6.07) is 8.79. The molecule has 0 bridgehead atoms. The second-order valence-electron chi connectivity index (χ2n) is 5.56. The smallest absolute Gasteiger partial charge is 0.254 e. The minimum absolute atomic E-state index is 0.00675. The van der Waals surface area contributed by atoms with Crippen molar-refractivity contribution in [3.05, 3.63) is 35.4 Å². The fraction of sp³-hybridized carbons (Fsp3) is 0.467. The highest BCUT2D eigenvalue weighted by Crippen LogP contribution is 2.22. The number of nitriles is 1. The first-order valence-corrected chi connectivity index (χ1v) is 6.38. The van der Waals surface area contributed by atoms with Gasteiger partial charge in [0, 0.05) is 18.7 Å². The van der Waals surface area contributed by atoms with E-state index in [1.807, 2.05) is 31.7 Å². The summed E-state index contributed by atoms with van der Waals surface area (Å²) in [6.07, 6.45) is 0.0334. The molecule has 0 aromatic heterocycles. The molecule has 100 valence electrons. The molecule has 0 spiro atoms. The molecule has 1 aromatic carbocycles. The zero-order valence-electron chi connectivity index (χ0n) is 11.5. The summed E-state index contributed by atoms with van der Waals surface area (Å²) in [5, 5.41) is 8.76. The number of benzene rings is 1. The second-order valence-corrected chi connectivity index (χ2v) is 5.56. The molecule has 1 aliphatic heterocycles. The van der Waals surface area contributed by atoms with Crippen molar-refractivity contribution in [3.63, 3.8) is 0 Å². The van der Waals surface area contributed by atoms with Crippen molar-refractivity contribution in [2.24, 2.45) is 0 Å². The summed E-state index contributed by atoms with van der Waals surface area (Å²) in [4.78, 5) is 14.2. The van der Waals surface area contributed by atoms with Gasteiger partial charge in [-0.3, -0.25) is 4.79 Å². The van der Waals surface area contributed by atoms with Crippen molar-refractivity contribution in [1.29, 1.82) is 5.26 Å². The predicted molar refractivity (Wildman–Crippen MR) is 71.7 cm³/mol. The Kier molecular flexibility index (Phi) is 3.59. The van der Waals surface area contributed by atoms with Gasteiger partial charge in [0.15, 0.2) is 0 Å². The predicted octanol–water partition coefficient (Wildman–Crippen LogP) is 2.20. The minimum atomic E-state index is -0.320. The van der Waals surface area contributed by atoms with E-state index in [-0.39, 0.29) is 17.6 Å². The van der Waals surface area contributed by atoms with Crippen molar-refractivity contribution < 1.29 is 9.53 Å². The molecule has 19 heavy (non-hydrogen) atoms. The Morgan fingerprint density at radius 3 is 2.58 bits per heavy atom. The maximum atomic E-state index is 12.4. The zero-order valence-corrected chi connectivity index (χ0v) is 11.5. The molecule has 1 fully saturated rings. The molecule has 0 saturated carbocycles. The standard InChI is InChI=1S/C15H18N2O2/c1-11-9-17(10-15(2,3)19-11)14(18)13-6-4-12(8-16)5-7-13/h4-7,11H,9-10H2,1-3H3. The molecule has 2 rings (SSSR count). The fourth-order valence-corrected chi connectivity index (χ4v) is 2.48. The van der Waals surface area contributed by atoms with E-state index in [9.17, 15) is 4.79 Å². The lowest BCUT2D eigenvalue weighted by molar-refractivity contribution is -0.118. The fourth-order valence-electron chi connectivity index (χ4n) is 2.48. The highest BCUT2D eigenvalue weighted by molar-refractivity contribution is 5.94. The van der Waals surface area contributed by atoms with E-state index >= 15 is 0 Å². The molecule has 1 unspecified atom stereocenters. The molecular formula is C15H18N2O2. The van der Waals surface area contributed by atoms with Gasteiger partial charge in [0.05, 0.1) is 23.3 Å². The molecule has 1 amide bonds. The molecule has 1 saturated heterocycles. The van der Waals surface area contributed by atoms with E-state index in [1.54, 1.807) is 24.3 Å². The number of amides is 1. The summed E-state index contributed by atoms with van der Waals surface area (Å²) >= 11 is 0. The Morgan fingerprint density at radius 1 is 1.42 bits per heavy atom. The summed E-state index contributed by atoms with van der Waals surface area (Å²) in [6.45, 7) is 7.13. The highest BCUT2D eigenvalue weighted by atomic mass is 16.5. The van der Waals surface area contributed by atoms with Crippen LogP contribution in [-0.4, -0.2) is 35.6 Å². The zero-order chi connectivity index (χ0) is 14.0. The van der Waals surface area contributed by atoms with Crippen LogP contribution in [0.5, 0.6) is 0 Å². The van der Waals surface area contributed by atoms with E-state index in [1.165, 1.54) is 0 Å². The van der Waals surface area contributed by atoms with E-state index in [0.717, 1.165) is 0 Å². The molecule has 4 nitrogen and oxygen atoms in total.